The number of thioether (sulfide) groups is 1. The van der Waals surface area contributed by atoms with E-state index >= 15 is 0 Å². The Hall–Kier alpha value is -3.79. The number of nitrogens with one attached hydrogen (secondary N) is 1. The molecule has 1 amide bonds. The van der Waals surface area contributed by atoms with Crippen molar-refractivity contribution < 1.29 is 23.7 Å². The van der Waals surface area contributed by atoms with Crippen LogP contribution in [0.25, 0.3) is 6.08 Å². The number of hydrazone groups is 1. The summed E-state index contributed by atoms with van der Waals surface area (Å²) >= 11 is 1.42. The fraction of sp³-hybridized carbons (Fsp3) is 0.379. The van der Waals surface area contributed by atoms with Gasteiger partial charge in [-0.1, -0.05) is 37.5 Å². The maximum atomic E-state index is 12.9. The van der Waals surface area contributed by atoms with Crippen LogP contribution in [-0.2, 0) is 4.79 Å². The number of methoxy groups -OCH3 is 1. The van der Waals surface area contributed by atoms with Crippen LogP contribution in [0.4, 0.5) is 0 Å². The first-order chi connectivity index (χ1) is 19.1. The molecule has 0 atom stereocenters. The molecule has 39 heavy (non-hydrogen) atoms. The second-order valence-electron chi connectivity index (χ2n) is 9.28. The van der Waals surface area contributed by atoms with Gasteiger partial charge in [0.15, 0.2) is 28.8 Å². The number of rotatable bonds is 10. The Morgan fingerprint density at radius 2 is 1.72 bits per heavy atom. The van der Waals surface area contributed by atoms with E-state index < -0.39 is 5.91 Å². The van der Waals surface area contributed by atoms with E-state index in [2.05, 4.69) is 10.1 Å². The van der Waals surface area contributed by atoms with Crippen LogP contribution in [0.1, 0.15) is 44.6 Å². The number of carbonyl (C=O) groups is 1. The van der Waals surface area contributed by atoms with Crippen molar-refractivity contribution >= 4 is 39.8 Å². The second kappa shape index (κ2) is 12.4. The second-order valence-corrected chi connectivity index (χ2v) is 10.3. The summed E-state index contributed by atoms with van der Waals surface area (Å²) in [5.74, 6) is 2.39. The standard InChI is InChI=1S/C29H32N4O5S/c1-3-36-25-18-19(13-14-24(25)38-16-15-37-23-12-8-7-11-22(23)35-2)17-21-26(30)33-29(31-27(21)34)39-28(32-33)20-9-5-4-6-10-20/h7-8,11-14,17-18,20,30H,3-6,9-10,15-16H2,1-2H3. The Balaban J connectivity index is 1.27. The summed E-state index contributed by atoms with van der Waals surface area (Å²) in [5, 5.41) is 16.3. The van der Waals surface area contributed by atoms with Crippen LogP contribution in [0.5, 0.6) is 23.0 Å². The number of fused-ring (bicyclic) bond motifs is 1. The van der Waals surface area contributed by atoms with Gasteiger partial charge in [-0.15, -0.1) is 0 Å². The topological polar surface area (TPSA) is 106 Å². The Bertz CT molecular complexity index is 1330. The van der Waals surface area contributed by atoms with Crippen LogP contribution < -0.4 is 18.9 Å². The van der Waals surface area contributed by atoms with Gasteiger partial charge >= 0.3 is 0 Å². The Kier molecular flexibility index (Phi) is 8.51. The summed E-state index contributed by atoms with van der Waals surface area (Å²) in [6.45, 7) is 2.96. The molecule has 0 unspecified atom stereocenters. The van der Waals surface area contributed by atoms with E-state index in [1.54, 1.807) is 25.3 Å². The lowest BCUT2D eigenvalue weighted by Gasteiger charge is -2.20. The number of nitrogens with zero attached hydrogens (tertiary/aromatic N) is 3. The van der Waals surface area contributed by atoms with Gasteiger partial charge in [-0.2, -0.15) is 15.1 Å². The van der Waals surface area contributed by atoms with Crippen LogP contribution in [0, 0.1) is 11.3 Å². The molecule has 10 heteroatoms. The number of para-hydroxylation sites is 2. The highest BCUT2D eigenvalue weighted by Gasteiger charge is 2.38. The van der Waals surface area contributed by atoms with Crippen LogP contribution >= 0.6 is 11.8 Å². The van der Waals surface area contributed by atoms with Crippen LogP contribution in [0.3, 0.4) is 0 Å². The number of amidine groups is 2. The van der Waals surface area contributed by atoms with Crippen molar-refractivity contribution in [2.45, 2.75) is 39.0 Å². The highest BCUT2D eigenvalue weighted by Crippen LogP contribution is 2.37. The molecule has 3 aliphatic rings. The van der Waals surface area contributed by atoms with E-state index in [0.29, 0.717) is 59.5 Å². The van der Waals surface area contributed by atoms with Crippen molar-refractivity contribution in [3.8, 4) is 23.0 Å². The summed E-state index contributed by atoms with van der Waals surface area (Å²) < 4.78 is 22.8. The van der Waals surface area contributed by atoms with Gasteiger partial charge in [-0.3, -0.25) is 10.2 Å². The molecule has 2 aromatic rings. The lowest BCUT2D eigenvalue weighted by molar-refractivity contribution is -0.114. The summed E-state index contributed by atoms with van der Waals surface area (Å²) in [4.78, 5) is 17.1. The SMILES string of the molecule is CCOc1cc(C=C2C(=N)N3N=C(C4CCCCC4)SC3=NC2=O)ccc1OCCOc1ccccc1OC. The molecule has 1 fully saturated rings. The highest BCUT2D eigenvalue weighted by atomic mass is 32.2. The average molecular weight is 549 g/mol. The molecule has 1 saturated carbocycles. The monoisotopic (exact) mass is 548 g/mol. The number of benzene rings is 2. The van der Waals surface area contributed by atoms with Gasteiger partial charge < -0.3 is 18.9 Å². The molecule has 5 rings (SSSR count). The van der Waals surface area contributed by atoms with Gasteiger partial charge in [0.1, 0.15) is 18.3 Å². The minimum Gasteiger partial charge on any atom is -0.493 e. The molecular formula is C29H32N4O5S. The number of ether oxygens (including phenoxy) is 4. The largest absolute Gasteiger partial charge is 0.493 e. The molecule has 2 heterocycles. The Morgan fingerprint density at radius 3 is 2.44 bits per heavy atom. The predicted octanol–water partition coefficient (Wildman–Crippen LogP) is 5.75. The predicted molar refractivity (Wildman–Crippen MR) is 153 cm³/mol. The van der Waals surface area contributed by atoms with Crippen LogP contribution in [0.2, 0.25) is 0 Å². The van der Waals surface area contributed by atoms with Crippen molar-refractivity contribution in [1.29, 1.82) is 5.41 Å². The summed E-state index contributed by atoms with van der Waals surface area (Å²) in [6, 6.07) is 12.8. The quantitative estimate of drug-likeness (QED) is 0.298. The molecule has 1 aliphatic carbocycles. The third kappa shape index (κ3) is 6.11. The number of hydrogen-bond donors (Lipinski definition) is 1. The lowest BCUT2D eigenvalue weighted by atomic mass is 9.90. The molecule has 204 valence electrons. The van der Waals surface area contributed by atoms with Gasteiger partial charge in [0.05, 0.1) is 19.3 Å². The minimum absolute atomic E-state index is 0.0371. The van der Waals surface area contributed by atoms with E-state index in [0.717, 1.165) is 17.9 Å². The normalized spacial score (nSPS) is 18.5. The number of hydrogen-bond acceptors (Lipinski definition) is 8. The van der Waals surface area contributed by atoms with Crippen molar-refractivity contribution in [3.05, 3.63) is 53.6 Å². The van der Waals surface area contributed by atoms with Gasteiger partial charge in [-0.05, 0) is 67.4 Å². The lowest BCUT2D eigenvalue weighted by Crippen LogP contribution is -2.35. The molecule has 0 aromatic heterocycles. The maximum absolute atomic E-state index is 12.9. The average Bonchev–Trinajstić information content (AvgIpc) is 3.39. The fourth-order valence-corrected chi connectivity index (χ4v) is 5.79. The first-order valence-corrected chi connectivity index (χ1v) is 14.0. The third-order valence-electron chi connectivity index (χ3n) is 6.67. The molecule has 2 aromatic carbocycles. The van der Waals surface area contributed by atoms with Gasteiger partial charge in [-0.25, -0.2) is 0 Å². The highest BCUT2D eigenvalue weighted by molar-refractivity contribution is 8.27. The van der Waals surface area contributed by atoms with E-state index in [1.165, 1.54) is 36.0 Å². The number of aliphatic imine (C=N–C) groups is 1. The molecule has 0 saturated heterocycles. The van der Waals surface area contributed by atoms with E-state index in [9.17, 15) is 4.79 Å². The van der Waals surface area contributed by atoms with Crippen molar-refractivity contribution in [2.24, 2.45) is 16.0 Å². The zero-order valence-corrected chi connectivity index (χ0v) is 23.0. The zero-order valence-electron chi connectivity index (χ0n) is 22.1. The fourth-order valence-electron chi connectivity index (χ4n) is 4.73. The molecule has 1 N–H and O–H groups in total. The molecule has 0 spiro atoms. The minimum atomic E-state index is -0.439. The summed E-state index contributed by atoms with van der Waals surface area (Å²) in [6.07, 6.45) is 7.48. The summed E-state index contributed by atoms with van der Waals surface area (Å²) in [7, 11) is 1.60. The Morgan fingerprint density at radius 1 is 1.00 bits per heavy atom. The van der Waals surface area contributed by atoms with Gasteiger partial charge in [0, 0.05) is 5.92 Å². The Labute approximate surface area is 232 Å². The maximum Gasteiger partial charge on any atom is 0.283 e. The zero-order chi connectivity index (χ0) is 27.2. The van der Waals surface area contributed by atoms with Gasteiger partial charge in [0.2, 0.25) is 5.17 Å². The van der Waals surface area contributed by atoms with Gasteiger partial charge in [0.25, 0.3) is 5.91 Å². The van der Waals surface area contributed by atoms with E-state index in [4.69, 9.17) is 24.4 Å². The van der Waals surface area contributed by atoms with Crippen molar-refractivity contribution in [1.82, 2.24) is 5.01 Å². The van der Waals surface area contributed by atoms with Crippen molar-refractivity contribution in [3.63, 3.8) is 0 Å². The first kappa shape index (κ1) is 26.8. The van der Waals surface area contributed by atoms with Crippen molar-refractivity contribution in [2.75, 3.05) is 26.9 Å². The first-order valence-electron chi connectivity index (χ1n) is 13.2. The number of carbonyl (C=O) groups excluding carboxylic acids is 1. The van der Waals surface area contributed by atoms with Crippen LogP contribution in [0.15, 0.2) is 58.1 Å². The van der Waals surface area contributed by atoms with E-state index in [1.807, 2.05) is 37.3 Å². The number of amides is 1. The molecular weight excluding hydrogens is 516 g/mol. The third-order valence-corrected chi connectivity index (χ3v) is 7.74. The molecule has 0 bridgehead atoms. The smallest absolute Gasteiger partial charge is 0.283 e. The molecule has 9 nitrogen and oxygen atoms in total. The van der Waals surface area contributed by atoms with E-state index in [-0.39, 0.29) is 11.4 Å². The summed E-state index contributed by atoms with van der Waals surface area (Å²) in [5.41, 5.74) is 0.889. The van der Waals surface area contributed by atoms with Crippen LogP contribution in [-0.4, -0.2) is 53.9 Å². The molecule has 0 radical (unpaired) electrons. The molecule has 2 aliphatic heterocycles.